The zero-order valence-electron chi connectivity index (χ0n) is 18.5. The number of ether oxygens (including phenoxy) is 3. The summed E-state index contributed by atoms with van der Waals surface area (Å²) in [4.78, 5) is 32.2. The van der Waals surface area contributed by atoms with E-state index in [0.29, 0.717) is 28.5 Å². The number of benzene rings is 2. The normalized spacial score (nSPS) is 13.4. The standard InChI is InChI=1S/C25H23N3O5/c1-31-19-7-5-4-6-18(19)22-23(27-17-8-9-20(32-2)21(14-17)33-3)25(30)28(24(22)29)15-16-10-12-26-13-11-16/h4-14,27H,15H2,1-3H3. The van der Waals surface area contributed by atoms with Crippen LogP contribution in [0.1, 0.15) is 11.1 Å². The maximum Gasteiger partial charge on any atom is 0.278 e. The van der Waals surface area contributed by atoms with E-state index in [1.807, 2.05) is 0 Å². The van der Waals surface area contributed by atoms with Crippen LogP contribution in [-0.4, -0.2) is 43.0 Å². The molecule has 4 rings (SSSR count). The molecule has 1 aliphatic rings. The van der Waals surface area contributed by atoms with Gasteiger partial charge < -0.3 is 19.5 Å². The largest absolute Gasteiger partial charge is 0.496 e. The molecular formula is C25H23N3O5. The second-order valence-electron chi connectivity index (χ2n) is 7.20. The molecule has 0 aliphatic carbocycles. The summed E-state index contributed by atoms with van der Waals surface area (Å²) in [5, 5.41) is 3.13. The molecule has 0 radical (unpaired) electrons. The molecule has 2 aromatic carbocycles. The number of nitrogens with zero attached hydrogens (tertiary/aromatic N) is 2. The molecular weight excluding hydrogens is 422 g/mol. The number of anilines is 1. The number of carbonyl (C=O) groups excluding carboxylic acids is 2. The van der Waals surface area contributed by atoms with Crippen molar-refractivity contribution in [3.63, 3.8) is 0 Å². The van der Waals surface area contributed by atoms with E-state index in [0.717, 1.165) is 5.56 Å². The smallest absolute Gasteiger partial charge is 0.278 e. The van der Waals surface area contributed by atoms with Crippen molar-refractivity contribution in [1.29, 1.82) is 0 Å². The summed E-state index contributed by atoms with van der Waals surface area (Å²) in [5.74, 6) is 0.685. The maximum atomic E-state index is 13.5. The van der Waals surface area contributed by atoms with Crippen LogP contribution in [0.2, 0.25) is 0 Å². The molecule has 168 valence electrons. The molecule has 0 bridgehead atoms. The zero-order chi connectivity index (χ0) is 23.4. The molecule has 8 nitrogen and oxygen atoms in total. The minimum atomic E-state index is -0.437. The first-order valence-electron chi connectivity index (χ1n) is 10.2. The van der Waals surface area contributed by atoms with E-state index in [-0.39, 0.29) is 17.8 Å². The Hall–Kier alpha value is -4.33. The van der Waals surface area contributed by atoms with Gasteiger partial charge >= 0.3 is 0 Å². The van der Waals surface area contributed by atoms with E-state index >= 15 is 0 Å². The van der Waals surface area contributed by atoms with Crippen LogP contribution in [0.3, 0.4) is 0 Å². The summed E-state index contributed by atoms with van der Waals surface area (Å²) >= 11 is 0. The third-order valence-corrected chi connectivity index (χ3v) is 5.29. The molecule has 1 N–H and O–H groups in total. The number of aromatic nitrogens is 1. The Bertz CT molecular complexity index is 1220. The van der Waals surface area contributed by atoms with E-state index in [1.165, 1.54) is 19.1 Å². The fourth-order valence-corrected chi connectivity index (χ4v) is 3.67. The van der Waals surface area contributed by atoms with Crippen molar-refractivity contribution in [2.24, 2.45) is 0 Å². The molecule has 0 spiro atoms. The highest BCUT2D eigenvalue weighted by molar-refractivity contribution is 6.36. The van der Waals surface area contributed by atoms with E-state index in [4.69, 9.17) is 14.2 Å². The van der Waals surface area contributed by atoms with Crippen molar-refractivity contribution < 1.29 is 23.8 Å². The van der Waals surface area contributed by atoms with Gasteiger partial charge in [0.05, 0.1) is 33.4 Å². The second kappa shape index (κ2) is 9.44. The van der Waals surface area contributed by atoms with Crippen molar-refractivity contribution in [1.82, 2.24) is 9.88 Å². The molecule has 0 saturated carbocycles. The molecule has 1 aliphatic heterocycles. The van der Waals surface area contributed by atoms with Crippen LogP contribution in [-0.2, 0) is 16.1 Å². The van der Waals surface area contributed by atoms with Gasteiger partial charge in [-0.25, -0.2) is 0 Å². The highest BCUT2D eigenvalue weighted by Gasteiger charge is 2.40. The summed E-state index contributed by atoms with van der Waals surface area (Å²) in [6, 6.07) is 15.8. The van der Waals surface area contributed by atoms with Crippen LogP contribution in [0.5, 0.6) is 17.2 Å². The van der Waals surface area contributed by atoms with Crippen molar-refractivity contribution in [3.05, 3.63) is 83.8 Å². The number of rotatable bonds is 8. The van der Waals surface area contributed by atoms with Crippen molar-refractivity contribution in [2.75, 3.05) is 26.6 Å². The molecule has 2 heterocycles. The van der Waals surface area contributed by atoms with Crippen LogP contribution in [0, 0.1) is 0 Å². The molecule has 8 heteroatoms. The molecule has 0 fully saturated rings. The van der Waals surface area contributed by atoms with Crippen LogP contribution < -0.4 is 19.5 Å². The Morgan fingerprint density at radius 3 is 2.21 bits per heavy atom. The van der Waals surface area contributed by atoms with Gasteiger partial charge in [-0.3, -0.25) is 19.5 Å². The van der Waals surface area contributed by atoms with Gasteiger partial charge in [-0.05, 0) is 35.9 Å². The SMILES string of the molecule is COc1ccc(NC2=C(c3ccccc3OC)C(=O)N(Cc3ccncc3)C2=O)cc1OC. The maximum absolute atomic E-state index is 13.5. The first-order chi connectivity index (χ1) is 16.1. The number of nitrogens with one attached hydrogen (secondary N) is 1. The summed E-state index contributed by atoms with van der Waals surface area (Å²) in [6.07, 6.45) is 3.25. The summed E-state index contributed by atoms with van der Waals surface area (Å²) < 4.78 is 16.1. The summed E-state index contributed by atoms with van der Waals surface area (Å²) in [6.45, 7) is 0.121. The van der Waals surface area contributed by atoms with E-state index < -0.39 is 11.8 Å². The van der Waals surface area contributed by atoms with Gasteiger partial charge in [0.15, 0.2) is 11.5 Å². The van der Waals surface area contributed by atoms with Gasteiger partial charge in [0.1, 0.15) is 11.4 Å². The highest BCUT2D eigenvalue weighted by atomic mass is 16.5. The average Bonchev–Trinajstić information content (AvgIpc) is 3.08. The fourth-order valence-electron chi connectivity index (χ4n) is 3.67. The van der Waals surface area contributed by atoms with Crippen molar-refractivity contribution >= 4 is 23.1 Å². The summed E-state index contributed by atoms with van der Waals surface area (Å²) in [7, 11) is 4.60. The Labute approximate surface area is 191 Å². The number of pyridine rings is 1. The first-order valence-corrected chi connectivity index (χ1v) is 10.2. The average molecular weight is 445 g/mol. The lowest BCUT2D eigenvalue weighted by Crippen LogP contribution is -2.32. The number of imide groups is 1. The van der Waals surface area contributed by atoms with Crippen molar-refractivity contribution in [2.45, 2.75) is 6.54 Å². The van der Waals surface area contributed by atoms with Crippen LogP contribution in [0.15, 0.2) is 72.7 Å². The zero-order valence-corrected chi connectivity index (χ0v) is 18.5. The van der Waals surface area contributed by atoms with Gasteiger partial charge in [0.25, 0.3) is 11.8 Å². The second-order valence-corrected chi connectivity index (χ2v) is 7.20. The Morgan fingerprint density at radius 2 is 1.52 bits per heavy atom. The number of para-hydroxylation sites is 1. The number of hydrogen-bond donors (Lipinski definition) is 1. The molecule has 0 unspecified atom stereocenters. The number of carbonyl (C=O) groups is 2. The van der Waals surface area contributed by atoms with Gasteiger partial charge in [-0.15, -0.1) is 0 Å². The number of amides is 2. The lowest BCUT2D eigenvalue weighted by molar-refractivity contribution is -0.137. The third kappa shape index (κ3) is 4.23. The first kappa shape index (κ1) is 21.9. The summed E-state index contributed by atoms with van der Waals surface area (Å²) in [5.41, 5.74) is 2.28. The van der Waals surface area contributed by atoms with Crippen LogP contribution in [0.4, 0.5) is 5.69 Å². The Morgan fingerprint density at radius 1 is 0.818 bits per heavy atom. The van der Waals surface area contributed by atoms with Gasteiger partial charge in [0.2, 0.25) is 0 Å². The topological polar surface area (TPSA) is 90.0 Å². The van der Waals surface area contributed by atoms with Crippen LogP contribution in [0.25, 0.3) is 5.57 Å². The Balaban J connectivity index is 1.79. The van der Waals surface area contributed by atoms with E-state index in [1.54, 1.807) is 74.1 Å². The van der Waals surface area contributed by atoms with Gasteiger partial charge in [-0.1, -0.05) is 18.2 Å². The number of hydrogen-bond acceptors (Lipinski definition) is 7. The molecule has 33 heavy (non-hydrogen) atoms. The molecule has 3 aromatic rings. The van der Waals surface area contributed by atoms with Gasteiger partial charge in [-0.2, -0.15) is 0 Å². The molecule has 1 aromatic heterocycles. The lowest BCUT2D eigenvalue weighted by atomic mass is 10.0. The minimum absolute atomic E-state index is 0.121. The fraction of sp³-hybridized carbons (Fsp3) is 0.160. The minimum Gasteiger partial charge on any atom is -0.496 e. The molecule has 2 amide bonds. The number of methoxy groups -OCH3 is 3. The molecule has 0 saturated heterocycles. The van der Waals surface area contributed by atoms with Crippen molar-refractivity contribution in [3.8, 4) is 17.2 Å². The van der Waals surface area contributed by atoms with E-state index in [9.17, 15) is 9.59 Å². The predicted octanol–water partition coefficient (Wildman–Crippen LogP) is 3.50. The van der Waals surface area contributed by atoms with Crippen LogP contribution >= 0.6 is 0 Å². The monoisotopic (exact) mass is 445 g/mol. The van der Waals surface area contributed by atoms with Gasteiger partial charge in [0, 0.05) is 29.7 Å². The Kier molecular flexibility index (Phi) is 6.26. The highest BCUT2D eigenvalue weighted by Crippen LogP contribution is 2.37. The third-order valence-electron chi connectivity index (χ3n) is 5.29. The molecule has 0 atom stereocenters. The quantitative estimate of drug-likeness (QED) is 0.531. The lowest BCUT2D eigenvalue weighted by Gasteiger charge is -2.15. The predicted molar refractivity (Wildman–Crippen MR) is 123 cm³/mol. The van der Waals surface area contributed by atoms with E-state index in [2.05, 4.69) is 10.3 Å².